The number of rotatable bonds is 5. The lowest BCUT2D eigenvalue weighted by atomic mass is 10.2. The first-order valence-corrected chi connectivity index (χ1v) is 8.32. The minimum atomic E-state index is -0.462. The molecule has 0 saturated heterocycles. The zero-order valence-electron chi connectivity index (χ0n) is 12.8. The molecule has 0 radical (unpaired) electrons. The van der Waals surface area contributed by atoms with Gasteiger partial charge in [0.25, 0.3) is 5.91 Å². The van der Waals surface area contributed by atoms with E-state index in [0.29, 0.717) is 17.9 Å². The number of hydrogen-bond acceptors (Lipinski definition) is 4. The van der Waals surface area contributed by atoms with Crippen LogP contribution in [0.15, 0.2) is 71.2 Å². The van der Waals surface area contributed by atoms with Crippen LogP contribution in [0.25, 0.3) is 0 Å². The third-order valence-corrected chi connectivity index (χ3v) is 4.27. The third-order valence-electron chi connectivity index (χ3n) is 3.34. The summed E-state index contributed by atoms with van der Waals surface area (Å²) < 4.78 is 6.56. The van der Waals surface area contributed by atoms with Crippen LogP contribution in [0.1, 0.15) is 15.2 Å². The molecule has 3 aromatic rings. The van der Waals surface area contributed by atoms with Crippen LogP contribution in [0.2, 0.25) is 0 Å². The van der Waals surface area contributed by atoms with E-state index in [9.17, 15) is 10.0 Å². The van der Waals surface area contributed by atoms with Crippen molar-refractivity contribution in [2.24, 2.45) is 4.99 Å². The number of carbonyl (C=O) groups is 1. The van der Waals surface area contributed by atoms with Crippen LogP contribution < -0.4 is 10.2 Å². The Kier molecular flexibility index (Phi) is 5.08. The standard InChI is InChI=1S/C18H16N2O3S/c21-18(19-17-9-3-4-11-20(17)22)15-7-1-2-8-16(15)23-12-10-14-6-5-13-24-14/h1-9,11,13,22H,10,12H2. The molecular weight excluding hydrogens is 324 g/mol. The summed E-state index contributed by atoms with van der Waals surface area (Å²) in [5.41, 5.74) is 0.531. The van der Waals surface area contributed by atoms with Gasteiger partial charge in [-0.2, -0.15) is 9.72 Å². The summed E-state index contributed by atoms with van der Waals surface area (Å²) in [6.45, 7) is 0.482. The molecule has 0 saturated carbocycles. The Morgan fingerprint density at radius 2 is 1.96 bits per heavy atom. The van der Waals surface area contributed by atoms with Gasteiger partial charge in [-0.15, -0.1) is 11.3 Å². The number of thiophene rings is 1. The van der Waals surface area contributed by atoms with Gasteiger partial charge < -0.3 is 9.94 Å². The van der Waals surface area contributed by atoms with Gasteiger partial charge >= 0.3 is 0 Å². The Balaban J connectivity index is 1.77. The summed E-state index contributed by atoms with van der Waals surface area (Å²) in [5, 5.41) is 11.7. The van der Waals surface area contributed by atoms with Crippen molar-refractivity contribution < 1.29 is 14.7 Å². The first-order chi connectivity index (χ1) is 11.7. The minimum Gasteiger partial charge on any atom is -0.492 e. The zero-order valence-corrected chi connectivity index (χ0v) is 13.6. The molecule has 0 aliphatic carbocycles. The van der Waals surface area contributed by atoms with E-state index in [0.717, 1.165) is 11.2 Å². The lowest BCUT2D eigenvalue weighted by Gasteiger charge is -2.08. The van der Waals surface area contributed by atoms with Gasteiger partial charge in [0.2, 0.25) is 0 Å². The molecule has 24 heavy (non-hydrogen) atoms. The molecule has 122 valence electrons. The predicted octanol–water partition coefficient (Wildman–Crippen LogP) is 3.15. The number of para-hydroxylation sites is 1. The highest BCUT2D eigenvalue weighted by molar-refractivity contribution is 7.09. The zero-order chi connectivity index (χ0) is 16.8. The molecule has 0 aliphatic heterocycles. The number of carbonyl (C=O) groups excluding carboxylic acids is 1. The quantitative estimate of drug-likeness (QED) is 0.726. The number of hydrogen-bond donors (Lipinski definition) is 1. The van der Waals surface area contributed by atoms with E-state index in [4.69, 9.17) is 4.74 Å². The van der Waals surface area contributed by atoms with Gasteiger partial charge in [-0.1, -0.05) is 24.3 Å². The van der Waals surface area contributed by atoms with Crippen molar-refractivity contribution in [2.45, 2.75) is 6.42 Å². The highest BCUT2D eigenvalue weighted by Gasteiger charge is 2.11. The first kappa shape index (κ1) is 16.0. The van der Waals surface area contributed by atoms with E-state index in [2.05, 4.69) is 11.1 Å². The SMILES string of the molecule is O=C(N=c1ccccn1O)c1ccccc1OCCc1cccs1. The predicted molar refractivity (Wildman–Crippen MR) is 91.5 cm³/mol. The van der Waals surface area contributed by atoms with Gasteiger partial charge in [-0.3, -0.25) is 4.79 Å². The second-order valence-corrected chi connectivity index (χ2v) is 6.03. The summed E-state index contributed by atoms with van der Waals surface area (Å²) in [5.74, 6) is 0.0268. The Bertz CT molecular complexity index is 885. The molecule has 6 heteroatoms. The van der Waals surface area contributed by atoms with Gasteiger partial charge in [0.05, 0.1) is 12.2 Å². The molecule has 0 aliphatic rings. The Morgan fingerprint density at radius 1 is 1.12 bits per heavy atom. The molecule has 2 aromatic heterocycles. The summed E-state index contributed by atoms with van der Waals surface area (Å²) in [7, 11) is 0. The maximum absolute atomic E-state index is 12.4. The van der Waals surface area contributed by atoms with Crippen molar-refractivity contribution in [3.05, 3.63) is 82.1 Å². The molecule has 0 atom stereocenters. The van der Waals surface area contributed by atoms with E-state index in [1.165, 1.54) is 11.1 Å². The van der Waals surface area contributed by atoms with Crippen molar-refractivity contribution in [2.75, 3.05) is 6.61 Å². The van der Waals surface area contributed by atoms with Crippen LogP contribution in [-0.2, 0) is 6.42 Å². The highest BCUT2D eigenvalue weighted by atomic mass is 32.1. The minimum absolute atomic E-state index is 0.163. The van der Waals surface area contributed by atoms with Crippen molar-refractivity contribution in [3.8, 4) is 5.75 Å². The average Bonchev–Trinajstić information content (AvgIpc) is 3.11. The van der Waals surface area contributed by atoms with Crippen molar-refractivity contribution in [3.63, 3.8) is 0 Å². The van der Waals surface area contributed by atoms with Crippen LogP contribution in [0.5, 0.6) is 5.75 Å². The molecule has 0 fully saturated rings. The van der Waals surface area contributed by atoms with E-state index in [1.54, 1.807) is 47.7 Å². The molecule has 1 aromatic carbocycles. The lowest BCUT2D eigenvalue weighted by Crippen LogP contribution is -2.19. The highest BCUT2D eigenvalue weighted by Crippen LogP contribution is 2.19. The van der Waals surface area contributed by atoms with Gasteiger partial charge in [0.15, 0.2) is 5.49 Å². The second-order valence-electron chi connectivity index (χ2n) is 4.99. The smallest absolute Gasteiger partial charge is 0.282 e. The van der Waals surface area contributed by atoms with Crippen molar-refractivity contribution in [1.29, 1.82) is 0 Å². The van der Waals surface area contributed by atoms with Crippen molar-refractivity contribution in [1.82, 2.24) is 4.73 Å². The molecule has 0 spiro atoms. The molecule has 2 heterocycles. The van der Waals surface area contributed by atoms with Crippen LogP contribution >= 0.6 is 11.3 Å². The molecule has 0 bridgehead atoms. The summed E-state index contributed by atoms with van der Waals surface area (Å²) in [6, 6.07) is 15.9. The average molecular weight is 340 g/mol. The number of amides is 1. The number of pyridine rings is 1. The molecule has 1 amide bonds. The number of benzene rings is 1. The summed E-state index contributed by atoms with van der Waals surface area (Å²) >= 11 is 1.68. The Hall–Kier alpha value is -2.86. The normalized spacial score (nSPS) is 11.4. The maximum atomic E-state index is 12.4. The van der Waals surface area contributed by atoms with Crippen LogP contribution in [0.4, 0.5) is 0 Å². The lowest BCUT2D eigenvalue weighted by molar-refractivity contribution is 0.0984. The monoisotopic (exact) mass is 340 g/mol. The second kappa shape index (κ2) is 7.61. The van der Waals surface area contributed by atoms with Gasteiger partial charge in [-0.25, -0.2) is 0 Å². The van der Waals surface area contributed by atoms with Crippen LogP contribution in [-0.4, -0.2) is 22.5 Å². The summed E-state index contributed by atoms with van der Waals surface area (Å²) in [4.78, 5) is 17.6. The fourth-order valence-electron chi connectivity index (χ4n) is 2.16. The van der Waals surface area contributed by atoms with Crippen molar-refractivity contribution >= 4 is 17.2 Å². The maximum Gasteiger partial charge on any atom is 0.282 e. The Morgan fingerprint density at radius 3 is 2.75 bits per heavy atom. The van der Waals surface area contributed by atoms with Gasteiger partial charge in [0, 0.05) is 17.5 Å². The topological polar surface area (TPSA) is 63.8 Å². The number of nitrogens with zero attached hydrogens (tertiary/aromatic N) is 2. The molecule has 5 nitrogen and oxygen atoms in total. The molecule has 1 N–H and O–H groups in total. The number of aromatic nitrogens is 1. The van der Waals surface area contributed by atoms with E-state index >= 15 is 0 Å². The molecular formula is C18H16N2O3S. The van der Waals surface area contributed by atoms with Gasteiger partial charge in [0.1, 0.15) is 5.75 Å². The molecule has 0 unspecified atom stereocenters. The third kappa shape index (κ3) is 3.91. The number of ether oxygens (including phenoxy) is 1. The molecule has 3 rings (SSSR count). The van der Waals surface area contributed by atoms with E-state index in [1.807, 2.05) is 17.5 Å². The van der Waals surface area contributed by atoms with E-state index < -0.39 is 5.91 Å². The fraction of sp³-hybridized carbons (Fsp3) is 0.111. The Labute approximate surface area is 143 Å². The van der Waals surface area contributed by atoms with Gasteiger partial charge in [-0.05, 0) is 35.7 Å². The van der Waals surface area contributed by atoms with Crippen LogP contribution in [0, 0.1) is 0 Å². The van der Waals surface area contributed by atoms with E-state index in [-0.39, 0.29) is 5.49 Å². The summed E-state index contributed by atoms with van der Waals surface area (Å²) in [6.07, 6.45) is 2.20. The largest absolute Gasteiger partial charge is 0.492 e. The fourth-order valence-corrected chi connectivity index (χ4v) is 2.85. The first-order valence-electron chi connectivity index (χ1n) is 7.44. The van der Waals surface area contributed by atoms with Crippen LogP contribution in [0.3, 0.4) is 0 Å².